The fourth-order valence-electron chi connectivity index (χ4n) is 0.932. The highest BCUT2D eigenvalue weighted by atomic mass is 35.5. The number of alkyl halides is 1. The summed E-state index contributed by atoms with van der Waals surface area (Å²) in [4.78, 5) is 11.1. The van der Waals surface area contributed by atoms with Gasteiger partial charge in [-0.1, -0.05) is 23.7 Å². The van der Waals surface area contributed by atoms with E-state index >= 15 is 0 Å². The Hall–Kier alpha value is -0.730. The van der Waals surface area contributed by atoms with Gasteiger partial charge in [0, 0.05) is 11.6 Å². The number of halogens is 2. The summed E-state index contributed by atoms with van der Waals surface area (Å²) >= 11 is 11.3. The summed E-state index contributed by atoms with van der Waals surface area (Å²) < 4.78 is 0. The molecule has 0 aliphatic rings. The van der Waals surface area contributed by atoms with E-state index in [0.29, 0.717) is 11.6 Å². The second-order valence-electron chi connectivity index (χ2n) is 2.96. The molecule has 2 nitrogen and oxygen atoms in total. The predicted molar refractivity (Wildman–Crippen MR) is 58.6 cm³/mol. The normalized spacial score (nSPS) is 12.2. The van der Waals surface area contributed by atoms with Gasteiger partial charge in [0.25, 0.3) is 0 Å². The van der Waals surface area contributed by atoms with Crippen molar-refractivity contribution in [2.24, 2.45) is 0 Å². The number of nitrogens with one attached hydrogen (secondary N) is 1. The molecule has 1 aromatic rings. The molecule has 1 rings (SSSR count). The lowest BCUT2D eigenvalue weighted by molar-refractivity contribution is -0.120. The van der Waals surface area contributed by atoms with Crippen LogP contribution in [0.2, 0.25) is 5.02 Å². The van der Waals surface area contributed by atoms with Crippen molar-refractivity contribution in [2.75, 3.05) is 0 Å². The number of amides is 1. The van der Waals surface area contributed by atoms with Crippen molar-refractivity contribution in [1.29, 1.82) is 0 Å². The SMILES string of the molecule is C[C@H](Cl)C(=O)NCc1ccc(Cl)cc1. The highest BCUT2D eigenvalue weighted by Gasteiger charge is 2.07. The number of benzene rings is 1. The lowest BCUT2D eigenvalue weighted by Gasteiger charge is -2.06. The van der Waals surface area contributed by atoms with E-state index in [1.54, 1.807) is 19.1 Å². The maximum atomic E-state index is 11.1. The van der Waals surface area contributed by atoms with E-state index in [4.69, 9.17) is 23.2 Å². The van der Waals surface area contributed by atoms with E-state index in [2.05, 4.69) is 5.32 Å². The van der Waals surface area contributed by atoms with Crippen LogP contribution in [0.3, 0.4) is 0 Å². The molecule has 0 saturated heterocycles. The molecule has 1 N–H and O–H groups in total. The van der Waals surface area contributed by atoms with Crippen LogP contribution >= 0.6 is 23.2 Å². The van der Waals surface area contributed by atoms with Crippen molar-refractivity contribution < 1.29 is 4.79 Å². The van der Waals surface area contributed by atoms with E-state index in [9.17, 15) is 4.79 Å². The van der Waals surface area contributed by atoms with E-state index < -0.39 is 5.38 Å². The maximum absolute atomic E-state index is 11.1. The predicted octanol–water partition coefficient (Wildman–Crippen LogP) is 2.58. The van der Waals surface area contributed by atoms with Crippen LogP contribution < -0.4 is 5.32 Å². The van der Waals surface area contributed by atoms with Gasteiger partial charge in [0.15, 0.2) is 0 Å². The standard InChI is InChI=1S/C10H11Cl2NO/c1-7(11)10(14)13-6-8-2-4-9(12)5-3-8/h2-5,7H,6H2,1H3,(H,13,14)/t7-/m0/s1. The van der Waals surface area contributed by atoms with Crippen molar-refractivity contribution in [3.8, 4) is 0 Å². The molecule has 1 amide bonds. The molecular formula is C10H11Cl2NO. The minimum absolute atomic E-state index is 0.165. The van der Waals surface area contributed by atoms with Gasteiger partial charge < -0.3 is 5.32 Å². The van der Waals surface area contributed by atoms with Gasteiger partial charge in [-0.25, -0.2) is 0 Å². The van der Waals surface area contributed by atoms with Gasteiger partial charge in [0.1, 0.15) is 5.38 Å². The molecule has 0 unspecified atom stereocenters. The highest BCUT2D eigenvalue weighted by molar-refractivity contribution is 6.30. The van der Waals surface area contributed by atoms with Crippen LogP contribution in [-0.2, 0) is 11.3 Å². The van der Waals surface area contributed by atoms with Gasteiger partial charge in [-0.05, 0) is 24.6 Å². The first kappa shape index (κ1) is 11.3. The third kappa shape index (κ3) is 3.56. The summed E-state index contributed by atoms with van der Waals surface area (Å²) in [5, 5.41) is 2.89. The van der Waals surface area contributed by atoms with E-state index in [1.165, 1.54) is 0 Å². The Bertz CT molecular complexity index is 308. The smallest absolute Gasteiger partial charge is 0.238 e. The van der Waals surface area contributed by atoms with Crippen molar-refractivity contribution >= 4 is 29.1 Å². The molecule has 0 saturated carbocycles. The van der Waals surface area contributed by atoms with Crippen LogP contribution in [0.4, 0.5) is 0 Å². The molecule has 0 aliphatic heterocycles. The molecule has 76 valence electrons. The molecule has 0 heterocycles. The number of carbonyl (C=O) groups excluding carboxylic acids is 1. The third-order valence-corrected chi connectivity index (χ3v) is 2.19. The van der Waals surface area contributed by atoms with Crippen molar-refractivity contribution in [1.82, 2.24) is 5.32 Å². The van der Waals surface area contributed by atoms with Gasteiger partial charge in [-0.15, -0.1) is 11.6 Å². The Labute approximate surface area is 93.2 Å². The van der Waals surface area contributed by atoms with Crippen LogP contribution in [-0.4, -0.2) is 11.3 Å². The Morgan fingerprint density at radius 2 is 2.00 bits per heavy atom. The fourth-order valence-corrected chi connectivity index (χ4v) is 1.14. The molecule has 0 radical (unpaired) electrons. The van der Waals surface area contributed by atoms with Crippen LogP contribution in [0, 0.1) is 0 Å². The van der Waals surface area contributed by atoms with Crippen LogP contribution in [0.15, 0.2) is 24.3 Å². The lowest BCUT2D eigenvalue weighted by Crippen LogP contribution is -2.28. The van der Waals surface area contributed by atoms with Gasteiger partial charge in [-0.3, -0.25) is 4.79 Å². The molecule has 0 bridgehead atoms. The quantitative estimate of drug-likeness (QED) is 0.797. The Morgan fingerprint density at radius 1 is 1.43 bits per heavy atom. The zero-order valence-corrected chi connectivity index (χ0v) is 9.27. The molecule has 14 heavy (non-hydrogen) atoms. The molecular weight excluding hydrogens is 221 g/mol. The molecule has 0 aromatic heterocycles. The largest absolute Gasteiger partial charge is 0.351 e. The average molecular weight is 232 g/mol. The number of rotatable bonds is 3. The molecule has 0 spiro atoms. The minimum Gasteiger partial charge on any atom is -0.351 e. The van der Waals surface area contributed by atoms with E-state index in [0.717, 1.165) is 5.56 Å². The molecule has 0 aliphatic carbocycles. The van der Waals surface area contributed by atoms with Crippen LogP contribution in [0.25, 0.3) is 0 Å². The topological polar surface area (TPSA) is 29.1 Å². The zero-order chi connectivity index (χ0) is 10.6. The summed E-state index contributed by atoms with van der Waals surface area (Å²) in [5.74, 6) is -0.165. The summed E-state index contributed by atoms with van der Waals surface area (Å²) in [6.45, 7) is 2.12. The number of hydrogen-bond donors (Lipinski definition) is 1. The third-order valence-electron chi connectivity index (χ3n) is 1.74. The summed E-state index contributed by atoms with van der Waals surface area (Å²) in [5.41, 5.74) is 1.00. The first-order chi connectivity index (χ1) is 6.59. The fraction of sp³-hybridized carbons (Fsp3) is 0.300. The van der Waals surface area contributed by atoms with Gasteiger partial charge in [0.05, 0.1) is 0 Å². The average Bonchev–Trinajstić information content (AvgIpc) is 2.16. The van der Waals surface area contributed by atoms with Gasteiger partial charge in [0.2, 0.25) is 5.91 Å². The van der Waals surface area contributed by atoms with Crippen LogP contribution in [0.5, 0.6) is 0 Å². The second kappa shape index (κ2) is 5.23. The Balaban J connectivity index is 2.46. The number of hydrogen-bond acceptors (Lipinski definition) is 1. The monoisotopic (exact) mass is 231 g/mol. The number of carbonyl (C=O) groups is 1. The summed E-state index contributed by atoms with van der Waals surface area (Å²) in [7, 11) is 0. The Kier molecular flexibility index (Phi) is 4.23. The summed E-state index contributed by atoms with van der Waals surface area (Å²) in [6, 6.07) is 7.30. The Morgan fingerprint density at radius 3 is 2.50 bits per heavy atom. The molecule has 4 heteroatoms. The van der Waals surface area contributed by atoms with E-state index in [-0.39, 0.29) is 5.91 Å². The molecule has 0 fully saturated rings. The van der Waals surface area contributed by atoms with Crippen molar-refractivity contribution in [3.63, 3.8) is 0 Å². The molecule has 1 aromatic carbocycles. The second-order valence-corrected chi connectivity index (χ2v) is 4.05. The lowest BCUT2D eigenvalue weighted by atomic mass is 10.2. The van der Waals surface area contributed by atoms with Gasteiger partial charge in [-0.2, -0.15) is 0 Å². The molecule has 1 atom stereocenters. The highest BCUT2D eigenvalue weighted by Crippen LogP contribution is 2.09. The zero-order valence-electron chi connectivity index (χ0n) is 7.76. The van der Waals surface area contributed by atoms with Crippen LogP contribution in [0.1, 0.15) is 12.5 Å². The first-order valence-electron chi connectivity index (χ1n) is 4.26. The van der Waals surface area contributed by atoms with Crippen molar-refractivity contribution in [2.45, 2.75) is 18.8 Å². The van der Waals surface area contributed by atoms with Crippen molar-refractivity contribution in [3.05, 3.63) is 34.9 Å². The summed E-state index contributed by atoms with van der Waals surface area (Å²) in [6.07, 6.45) is 0. The maximum Gasteiger partial charge on any atom is 0.238 e. The van der Waals surface area contributed by atoms with E-state index in [1.807, 2.05) is 12.1 Å². The first-order valence-corrected chi connectivity index (χ1v) is 5.07. The minimum atomic E-state index is -0.498. The van der Waals surface area contributed by atoms with Gasteiger partial charge >= 0.3 is 0 Å².